The summed E-state index contributed by atoms with van der Waals surface area (Å²) in [6, 6.07) is 2.44. The Morgan fingerprint density at radius 1 is 1.47 bits per heavy atom. The number of halogens is 1. The van der Waals surface area contributed by atoms with Crippen LogP contribution in [0.4, 0.5) is 11.4 Å². The number of amides is 1. The molecule has 0 bridgehead atoms. The van der Waals surface area contributed by atoms with E-state index in [1.54, 1.807) is 6.92 Å². The van der Waals surface area contributed by atoms with Gasteiger partial charge in [-0.1, -0.05) is 11.6 Å². The number of aryl methyl sites for hydroxylation is 1. The van der Waals surface area contributed by atoms with Crippen molar-refractivity contribution >= 4 is 34.9 Å². The number of carbonyl (C=O) groups excluding carboxylic acids is 1. The van der Waals surface area contributed by atoms with E-state index in [2.05, 4.69) is 5.32 Å². The summed E-state index contributed by atoms with van der Waals surface area (Å²) >= 11 is 5.71. The molecule has 0 aliphatic heterocycles. The minimum atomic E-state index is -1.26. The Labute approximate surface area is 113 Å². The number of carbonyl (C=O) groups is 2. The van der Waals surface area contributed by atoms with Gasteiger partial charge < -0.3 is 10.4 Å². The SMILES string of the molecule is Cc1cc([N+](=O)[O-])c(Cl)cc1NC(=O)C(C)C(=O)O. The minimum Gasteiger partial charge on any atom is -0.481 e. The zero-order valence-corrected chi connectivity index (χ0v) is 10.9. The molecular formula is C11H11ClN2O5. The van der Waals surface area contributed by atoms with Crippen molar-refractivity contribution in [2.45, 2.75) is 13.8 Å². The highest BCUT2D eigenvalue weighted by Crippen LogP contribution is 2.30. The topological polar surface area (TPSA) is 110 Å². The molecule has 0 spiro atoms. The van der Waals surface area contributed by atoms with Gasteiger partial charge in [0.05, 0.1) is 4.92 Å². The molecule has 8 heteroatoms. The number of rotatable bonds is 4. The number of hydrogen-bond donors (Lipinski definition) is 2. The van der Waals surface area contributed by atoms with Crippen molar-refractivity contribution in [3.63, 3.8) is 0 Å². The highest BCUT2D eigenvalue weighted by molar-refractivity contribution is 6.33. The smallest absolute Gasteiger partial charge is 0.315 e. The highest BCUT2D eigenvalue weighted by Gasteiger charge is 2.22. The van der Waals surface area contributed by atoms with Crippen molar-refractivity contribution in [3.05, 3.63) is 32.8 Å². The number of hydrogen-bond acceptors (Lipinski definition) is 4. The maximum Gasteiger partial charge on any atom is 0.315 e. The number of nitro benzene ring substituents is 1. The summed E-state index contributed by atoms with van der Waals surface area (Å²) < 4.78 is 0. The molecule has 0 aromatic heterocycles. The van der Waals surface area contributed by atoms with Crippen LogP contribution >= 0.6 is 11.6 Å². The molecule has 1 rings (SSSR count). The lowest BCUT2D eigenvalue weighted by molar-refractivity contribution is -0.384. The third-order valence-electron chi connectivity index (χ3n) is 2.51. The average Bonchev–Trinajstić information content (AvgIpc) is 2.31. The molecule has 0 aliphatic carbocycles. The molecular weight excluding hydrogens is 276 g/mol. The van der Waals surface area contributed by atoms with Crippen LogP contribution in [0.25, 0.3) is 0 Å². The standard InChI is InChI=1S/C11H11ClN2O5/c1-5-3-9(14(18)19)7(12)4-8(5)13-10(15)6(2)11(16)17/h3-4,6H,1-2H3,(H,13,15)(H,16,17). The third-order valence-corrected chi connectivity index (χ3v) is 2.81. The summed E-state index contributed by atoms with van der Waals surface area (Å²) in [6.07, 6.45) is 0. The zero-order valence-electron chi connectivity index (χ0n) is 10.1. The maximum absolute atomic E-state index is 11.6. The Balaban J connectivity index is 3.04. The van der Waals surface area contributed by atoms with E-state index in [0.29, 0.717) is 5.56 Å². The molecule has 1 aromatic rings. The largest absolute Gasteiger partial charge is 0.481 e. The summed E-state index contributed by atoms with van der Waals surface area (Å²) in [5.74, 6) is -3.21. The quantitative estimate of drug-likeness (QED) is 0.501. The lowest BCUT2D eigenvalue weighted by Crippen LogP contribution is -2.27. The van der Waals surface area contributed by atoms with E-state index in [0.717, 1.165) is 0 Å². The first-order chi connectivity index (χ1) is 8.73. The van der Waals surface area contributed by atoms with Gasteiger partial charge in [-0.15, -0.1) is 0 Å². The van der Waals surface area contributed by atoms with Gasteiger partial charge in [0.15, 0.2) is 0 Å². The lowest BCUT2D eigenvalue weighted by Gasteiger charge is -2.11. The van der Waals surface area contributed by atoms with E-state index in [-0.39, 0.29) is 16.4 Å². The number of carboxylic acid groups (broad SMARTS) is 1. The van der Waals surface area contributed by atoms with Crippen LogP contribution in [0, 0.1) is 23.0 Å². The van der Waals surface area contributed by atoms with Gasteiger partial charge in [-0.2, -0.15) is 0 Å². The number of anilines is 1. The first kappa shape index (κ1) is 14.9. The molecule has 0 aliphatic rings. The van der Waals surface area contributed by atoms with Gasteiger partial charge in [-0.25, -0.2) is 0 Å². The van der Waals surface area contributed by atoms with E-state index in [9.17, 15) is 19.7 Å². The molecule has 1 atom stereocenters. The van der Waals surface area contributed by atoms with Crippen LogP contribution in [0.15, 0.2) is 12.1 Å². The number of aliphatic carboxylic acids is 1. The maximum atomic E-state index is 11.6. The molecule has 0 fully saturated rings. The Kier molecular flexibility index (Phi) is 4.44. The highest BCUT2D eigenvalue weighted by atomic mass is 35.5. The summed E-state index contributed by atoms with van der Waals surface area (Å²) in [5.41, 5.74) is 0.388. The molecule has 1 aromatic carbocycles. The van der Waals surface area contributed by atoms with Crippen LogP contribution in [-0.2, 0) is 9.59 Å². The predicted octanol–water partition coefficient (Wildman–Crippen LogP) is 2.22. The van der Waals surface area contributed by atoms with E-state index >= 15 is 0 Å². The van der Waals surface area contributed by atoms with Gasteiger partial charge in [0.25, 0.3) is 5.69 Å². The summed E-state index contributed by atoms with van der Waals surface area (Å²) in [4.78, 5) is 32.2. The van der Waals surface area contributed by atoms with E-state index < -0.39 is 22.7 Å². The number of carboxylic acids is 1. The van der Waals surface area contributed by atoms with E-state index in [1.165, 1.54) is 19.1 Å². The second-order valence-electron chi connectivity index (χ2n) is 3.92. The van der Waals surface area contributed by atoms with Crippen molar-refractivity contribution in [2.24, 2.45) is 5.92 Å². The Hall–Kier alpha value is -2.15. The van der Waals surface area contributed by atoms with Crippen LogP contribution < -0.4 is 5.32 Å². The molecule has 0 saturated heterocycles. The average molecular weight is 287 g/mol. The van der Waals surface area contributed by atoms with Crippen LogP contribution in [0.3, 0.4) is 0 Å². The van der Waals surface area contributed by atoms with Gasteiger partial charge in [-0.05, 0) is 25.5 Å². The van der Waals surface area contributed by atoms with Crippen molar-refractivity contribution in [1.82, 2.24) is 0 Å². The lowest BCUT2D eigenvalue weighted by atomic mass is 10.1. The number of nitrogens with zero attached hydrogens (tertiary/aromatic N) is 1. The van der Waals surface area contributed by atoms with Crippen LogP contribution in [0.1, 0.15) is 12.5 Å². The molecule has 19 heavy (non-hydrogen) atoms. The predicted molar refractivity (Wildman–Crippen MR) is 68.3 cm³/mol. The normalized spacial score (nSPS) is 11.7. The fourth-order valence-corrected chi connectivity index (χ4v) is 1.53. The Bertz CT molecular complexity index is 558. The van der Waals surface area contributed by atoms with Crippen LogP contribution in [-0.4, -0.2) is 21.9 Å². The minimum absolute atomic E-state index is 0.131. The molecule has 7 nitrogen and oxygen atoms in total. The van der Waals surface area contributed by atoms with Crippen molar-refractivity contribution in [1.29, 1.82) is 0 Å². The molecule has 102 valence electrons. The van der Waals surface area contributed by atoms with Crippen LogP contribution in [0.5, 0.6) is 0 Å². The van der Waals surface area contributed by atoms with Gasteiger partial charge in [0.1, 0.15) is 10.9 Å². The van der Waals surface area contributed by atoms with Crippen molar-refractivity contribution in [3.8, 4) is 0 Å². The first-order valence-electron chi connectivity index (χ1n) is 5.22. The van der Waals surface area contributed by atoms with E-state index in [4.69, 9.17) is 16.7 Å². The summed E-state index contributed by atoms with van der Waals surface area (Å²) in [5, 5.41) is 21.6. The second kappa shape index (κ2) is 5.66. The van der Waals surface area contributed by atoms with Gasteiger partial charge in [0.2, 0.25) is 5.91 Å². The van der Waals surface area contributed by atoms with E-state index in [1.807, 2.05) is 0 Å². The molecule has 1 amide bonds. The number of benzene rings is 1. The molecule has 0 heterocycles. The second-order valence-corrected chi connectivity index (χ2v) is 4.33. The van der Waals surface area contributed by atoms with Gasteiger partial charge in [0, 0.05) is 11.8 Å². The molecule has 1 unspecified atom stereocenters. The molecule has 2 N–H and O–H groups in total. The van der Waals surface area contributed by atoms with Gasteiger partial charge >= 0.3 is 5.97 Å². The molecule has 0 saturated carbocycles. The Morgan fingerprint density at radius 3 is 2.53 bits per heavy atom. The Morgan fingerprint density at radius 2 is 2.05 bits per heavy atom. The fourth-order valence-electron chi connectivity index (χ4n) is 1.29. The zero-order chi connectivity index (χ0) is 14.7. The van der Waals surface area contributed by atoms with Crippen LogP contribution in [0.2, 0.25) is 5.02 Å². The summed E-state index contributed by atoms with van der Waals surface area (Å²) in [6.45, 7) is 2.78. The number of nitro groups is 1. The first-order valence-corrected chi connectivity index (χ1v) is 5.60. The number of nitrogens with one attached hydrogen (secondary N) is 1. The fraction of sp³-hybridized carbons (Fsp3) is 0.273. The van der Waals surface area contributed by atoms with Crippen molar-refractivity contribution in [2.75, 3.05) is 5.32 Å². The van der Waals surface area contributed by atoms with Gasteiger partial charge in [-0.3, -0.25) is 19.7 Å². The van der Waals surface area contributed by atoms with Crippen molar-refractivity contribution < 1.29 is 19.6 Å². The summed E-state index contributed by atoms with van der Waals surface area (Å²) in [7, 11) is 0. The third kappa shape index (κ3) is 3.41. The molecule has 0 radical (unpaired) electrons. The monoisotopic (exact) mass is 286 g/mol.